The summed E-state index contributed by atoms with van der Waals surface area (Å²) < 4.78 is 0. The molecule has 5 nitrogen and oxygen atoms in total. The number of rotatable bonds is 5. The van der Waals surface area contributed by atoms with Crippen molar-refractivity contribution in [2.45, 2.75) is 12.5 Å². The first kappa shape index (κ1) is 12.4. The molecule has 88 valence electrons. The molecule has 1 fully saturated rings. The van der Waals surface area contributed by atoms with Gasteiger partial charge in [-0.05, 0) is 20.5 Å². The van der Waals surface area contributed by atoms with Crippen molar-refractivity contribution in [3.8, 4) is 0 Å². The van der Waals surface area contributed by atoms with E-state index < -0.39 is 0 Å². The molecular formula is C10H22N4O. The van der Waals surface area contributed by atoms with E-state index in [1.54, 1.807) is 0 Å². The third-order valence-corrected chi connectivity index (χ3v) is 2.81. The molecule has 0 saturated carbocycles. The maximum atomic E-state index is 11.4. The maximum absolute atomic E-state index is 11.4. The molecule has 0 spiro atoms. The molecule has 15 heavy (non-hydrogen) atoms. The third-order valence-electron chi connectivity index (χ3n) is 2.81. The molecule has 1 rings (SSSR count). The lowest BCUT2D eigenvalue weighted by Gasteiger charge is -2.19. The zero-order valence-electron chi connectivity index (χ0n) is 9.70. The average Bonchev–Trinajstić information content (AvgIpc) is 2.63. The third kappa shape index (κ3) is 4.15. The first-order valence-electron chi connectivity index (χ1n) is 5.49. The van der Waals surface area contributed by atoms with Crippen LogP contribution in [0, 0.1) is 0 Å². The number of amides is 1. The van der Waals surface area contributed by atoms with Crippen LogP contribution in [0.3, 0.4) is 0 Å². The summed E-state index contributed by atoms with van der Waals surface area (Å²) in [6.45, 7) is 3.59. The highest BCUT2D eigenvalue weighted by molar-refractivity contribution is 5.78. The first-order chi connectivity index (χ1) is 7.13. The van der Waals surface area contributed by atoms with Crippen LogP contribution in [-0.4, -0.2) is 68.6 Å². The predicted octanol–water partition coefficient (Wildman–Crippen LogP) is -1.30. The highest BCUT2D eigenvalue weighted by Crippen LogP contribution is 2.12. The fourth-order valence-electron chi connectivity index (χ4n) is 1.85. The zero-order valence-corrected chi connectivity index (χ0v) is 9.70. The number of hydrogen-bond donors (Lipinski definition) is 2. The van der Waals surface area contributed by atoms with Gasteiger partial charge in [0.05, 0.1) is 6.54 Å². The molecule has 0 aromatic rings. The van der Waals surface area contributed by atoms with Crippen molar-refractivity contribution < 1.29 is 4.79 Å². The van der Waals surface area contributed by atoms with Crippen LogP contribution < -0.4 is 11.1 Å². The Labute approximate surface area is 91.6 Å². The van der Waals surface area contributed by atoms with E-state index in [4.69, 9.17) is 5.73 Å². The summed E-state index contributed by atoms with van der Waals surface area (Å²) >= 11 is 0. The van der Waals surface area contributed by atoms with E-state index in [-0.39, 0.29) is 5.91 Å². The molecule has 0 radical (unpaired) electrons. The van der Waals surface area contributed by atoms with Gasteiger partial charge >= 0.3 is 0 Å². The summed E-state index contributed by atoms with van der Waals surface area (Å²) in [7, 11) is 4.17. The summed E-state index contributed by atoms with van der Waals surface area (Å²) in [6, 6.07) is 0.590. The van der Waals surface area contributed by atoms with E-state index in [0.29, 0.717) is 25.7 Å². The monoisotopic (exact) mass is 214 g/mol. The highest BCUT2D eigenvalue weighted by atomic mass is 16.2. The summed E-state index contributed by atoms with van der Waals surface area (Å²) in [5, 5.41) is 2.78. The van der Waals surface area contributed by atoms with Crippen molar-refractivity contribution in [3.63, 3.8) is 0 Å². The van der Waals surface area contributed by atoms with Crippen LogP contribution >= 0.6 is 0 Å². The van der Waals surface area contributed by atoms with Gasteiger partial charge in [-0.25, -0.2) is 0 Å². The lowest BCUT2D eigenvalue weighted by molar-refractivity contribution is -0.121. The van der Waals surface area contributed by atoms with Crippen molar-refractivity contribution >= 4 is 5.91 Å². The van der Waals surface area contributed by atoms with Crippen LogP contribution in [-0.2, 0) is 4.79 Å². The van der Waals surface area contributed by atoms with Crippen molar-refractivity contribution in [2.24, 2.45) is 5.73 Å². The normalized spacial score (nSPS) is 22.3. The van der Waals surface area contributed by atoms with Gasteiger partial charge < -0.3 is 16.0 Å². The minimum absolute atomic E-state index is 0.0832. The number of likely N-dealkylation sites (N-methyl/N-ethyl adjacent to an activating group) is 1. The second-order valence-corrected chi connectivity index (χ2v) is 4.28. The van der Waals surface area contributed by atoms with Crippen LogP contribution in [0.2, 0.25) is 0 Å². The molecule has 5 heteroatoms. The van der Waals surface area contributed by atoms with Crippen LogP contribution in [0.15, 0.2) is 0 Å². The van der Waals surface area contributed by atoms with Crippen molar-refractivity contribution in [3.05, 3.63) is 0 Å². The minimum atomic E-state index is 0.0832. The second-order valence-electron chi connectivity index (χ2n) is 4.28. The molecule has 1 aliphatic rings. The Balaban J connectivity index is 2.20. The van der Waals surface area contributed by atoms with Gasteiger partial charge in [0.25, 0.3) is 0 Å². The van der Waals surface area contributed by atoms with Gasteiger partial charge in [0.15, 0.2) is 0 Å². The number of likely N-dealkylation sites (tertiary alicyclic amines) is 1. The number of carbonyl (C=O) groups is 1. The van der Waals surface area contributed by atoms with Crippen molar-refractivity contribution in [1.29, 1.82) is 0 Å². The van der Waals surface area contributed by atoms with Crippen LogP contribution in [0.4, 0.5) is 0 Å². The van der Waals surface area contributed by atoms with Gasteiger partial charge in [0.2, 0.25) is 5.91 Å². The van der Waals surface area contributed by atoms with E-state index in [1.807, 2.05) is 0 Å². The Morgan fingerprint density at radius 1 is 1.60 bits per heavy atom. The molecule has 3 N–H and O–H groups in total. The molecule has 1 amide bonds. The zero-order chi connectivity index (χ0) is 11.3. The second kappa shape index (κ2) is 6.05. The Kier molecular flexibility index (Phi) is 5.01. The van der Waals surface area contributed by atoms with E-state index >= 15 is 0 Å². The molecule has 0 aliphatic carbocycles. The topological polar surface area (TPSA) is 61.6 Å². The quantitative estimate of drug-likeness (QED) is 0.597. The summed E-state index contributed by atoms with van der Waals surface area (Å²) in [5.74, 6) is 0.0832. The number of carbonyl (C=O) groups excluding carboxylic acids is 1. The van der Waals surface area contributed by atoms with Gasteiger partial charge in [0.1, 0.15) is 0 Å². The van der Waals surface area contributed by atoms with Crippen molar-refractivity contribution in [1.82, 2.24) is 15.1 Å². The molecule has 1 aliphatic heterocycles. The van der Waals surface area contributed by atoms with E-state index in [0.717, 1.165) is 19.5 Å². The van der Waals surface area contributed by atoms with Crippen LogP contribution in [0.5, 0.6) is 0 Å². The number of nitrogens with zero attached hydrogens (tertiary/aromatic N) is 2. The first-order valence-corrected chi connectivity index (χ1v) is 5.49. The van der Waals surface area contributed by atoms with E-state index in [1.165, 1.54) is 0 Å². The highest BCUT2D eigenvalue weighted by Gasteiger charge is 2.24. The molecule has 1 heterocycles. The fraction of sp³-hybridized carbons (Fsp3) is 0.900. The predicted molar refractivity (Wildman–Crippen MR) is 60.6 cm³/mol. The molecule has 0 bridgehead atoms. The fourth-order valence-corrected chi connectivity index (χ4v) is 1.85. The van der Waals surface area contributed by atoms with Gasteiger partial charge in [-0.1, -0.05) is 0 Å². The molecule has 0 aromatic heterocycles. The average molecular weight is 214 g/mol. The number of nitrogens with one attached hydrogen (secondary N) is 1. The molecule has 0 aromatic carbocycles. The SMILES string of the molecule is CN(C)C1CCN(CC(=O)NCCN)C1. The Bertz CT molecular complexity index is 208. The largest absolute Gasteiger partial charge is 0.354 e. The smallest absolute Gasteiger partial charge is 0.234 e. The van der Waals surface area contributed by atoms with Crippen LogP contribution in [0.1, 0.15) is 6.42 Å². The molecule has 1 unspecified atom stereocenters. The van der Waals surface area contributed by atoms with Crippen molar-refractivity contribution in [2.75, 3.05) is 46.8 Å². The number of nitrogens with two attached hydrogens (primary N) is 1. The maximum Gasteiger partial charge on any atom is 0.234 e. The molecular weight excluding hydrogens is 192 g/mol. The summed E-state index contributed by atoms with van der Waals surface area (Å²) in [5.41, 5.74) is 5.31. The van der Waals surface area contributed by atoms with Crippen LogP contribution in [0.25, 0.3) is 0 Å². The van der Waals surface area contributed by atoms with Gasteiger partial charge in [-0.2, -0.15) is 0 Å². The van der Waals surface area contributed by atoms with E-state index in [9.17, 15) is 4.79 Å². The van der Waals surface area contributed by atoms with Gasteiger partial charge in [-0.3, -0.25) is 9.69 Å². The molecule has 1 saturated heterocycles. The van der Waals surface area contributed by atoms with E-state index in [2.05, 4.69) is 29.2 Å². The minimum Gasteiger partial charge on any atom is -0.354 e. The lowest BCUT2D eigenvalue weighted by atomic mass is 10.2. The Morgan fingerprint density at radius 2 is 2.33 bits per heavy atom. The standard InChI is InChI=1S/C10H22N4O/c1-13(2)9-3-6-14(7-9)8-10(15)12-5-4-11/h9H,3-8,11H2,1-2H3,(H,12,15). The van der Waals surface area contributed by atoms with Gasteiger partial charge in [-0.15, -0.1) is 0 Å². The molecule has 1 atom stereocenters. The Morgan fingerprint density at radius 3 is 2.87 bits per heavy atom. The van der Waals surface area contributed by atoms with Gasteiger partial charge in [0, 0.05) is 32.2 Å². The number of hydrogen-bond acceptors (Lipinski definition) is 4. The summed E-state index contributed by atoms with van der Waals surface area (Å²) in [4.78, 5) is 15.8. The lowest BCUT2D eigenvalue weighted by Crippen LogP contribution is -2.39. The summed E-state index contributed by atoms with van der Waals surface area (Å²) in [6.07, 6.45) is 1.15. The Hall–Kier alpha value is -0.650.